The Morgan fingerprint density at radius 3 is 0.692 bits per heavy atom. The van der Waals surface area contributed by atoms with E-state index in [2.05, 4.69) is 0 Å². The maximum Gasteiger partial charge on any atom is 0.133 e. The van der Waals surface area contributed by atoms with Gasteiger partial charge in [-0.05, 0) is 185 Å². The van der Waals surface area contributed by atoms with E-state index in [0.29, 0.717) is 16.2 Å². The Morgan fingerprint density at radius 2 is 0.513 bits per heavy atom. The van der Waals surface area contributed by atoms with E-state index in [1.165, 1.54) is 152 Å². The van der Waals surface area contributed by atoms with E-state index in [9.17, 15) is 0 Å². The zero-order valence-electron chi connectivity index (χ0n) is 24.4. The van der Waals surface area contributed by atoms with Gasteiger partial charge < -0.3 is 0 Å². The van der Waals surface area contributed by atoms with Crippen LogP contribution in [0, 0.1) is 69.5 Å². The molecule has 12 aliphatic carbocycles. The summed E-state index contributed by atoms with van der Waals surface area (Å²) in [6, 6.07) is 0. The number of aromatic nitrogens is 3. The molecular weight excluding hydrogens is 474 g/mol. The minimum absolute atomic E-state index is 0.520. The zero-order chi connectivity index (χ0) is 25.4. The second kappa shape index (κ2) is 8.09. The summed E-state index contributed by atoms with van der Waals surface area (Å²) >= 11 is 0. The number of rotatable bonds is 6. The fourth-order valence-corrected chi connectivity index (χ4v) is 15.3. The zero-order valence-corrected chi connectivity index (χ0v) is 24.4. The molecule has 210 valence electrons. The van der Waals surface area contributed by atoms with Gasteiger partial charge in [0, 0.05) is 19.3 Å². The van der Waals surface area contributed by atoms with Crippen LogP contribution >= 0.6 is 0 Å². The number of hydrogen-bond donors (Lipinski definition) is 0. The Labute approximate surface area is 236 Å². The second-order valence-corrected chi connectivity index (χ2v) is 18.4. The molecule has 1 aromatic heterocycles. The van der Waals surface area contributed by atoms with Crippen molar-refractivity contribution in [2.45, 2.75) is 135 Å². The first-order valence-electron chi connectivity index (χ1n) is 17.7. The van der Waals surface area contributed by atoms with E-state index < -0.39 is 0 Å². The van der Waals surface area contributed by atoms with Gasteiger partial charge in [-0.15, -0.1) is 0 Å². The molecule has 12 fully saturated rings. The first-order chi connectivity index (χ1) is 18.9. The van der Waals surface area contributed by atoms with Gasteiger partial charge in [0.05, 0.1) is 0 Å². The lowest BCUT2D eigenvalue weighted by molar-refractivity contribution is -0.0559. The Bertz CT molecular complexity index is 905. The third-order valence-electron chi connectivity index (χ3n) is 14.9. The number of hydrogen-bond acceptors (Lipinski definition) is 3. The van der Waals surface area contributed by atoms with Gasteiger partial charge in [0.15, 0.2) is 0 Å². The molecule has 0 unspecified atom stereocenters. The van der Waals surface area contributed by atoms with E-state index >= 15 is 0 Å². The third-order valence-corrected chi connectivity index (χ3v) is 14.9. The molecule has 12 aliphatic rings. The summed E-state index contributed by atoms with van der Waals surface area (Å²) in [6.07, 6.45) is 30.5. The van der Waals surface area contributed by atoms with Crippen molar-refractivity contribution in [3.05, 3.63) is 17.5 Å². The van der Waals surface area contributed by atoms with E-state index in [-0.39, 0.29) is 0 Å². The van der Waals surface area contributed by atoms with Gasteiger partial charge >= 0.3 is 0 Å². The van der Waals surface area contributed by atoms with Gasteiger partial charge in [-0.1, -0.05) is 0 Å². The predicted octanol–water partition coefficient (Wildman–Crippen LogP) is 8.15. The Balaban J connectivity index is 0.985. The van der Waals surface area contributed by atoms with Gasteiger partial charge in [-0.2, -0.15) is 0 Å². The minimum Gasteiger partial charge on any atom is -0.218 e. The van der Waals surface area contributed by atoms with Gasteiger partial charge in [-0.25, -0.2) is 15.0 Å². The van der Waals surface area contributed by atoms with Crippen LogP contribution < -0.4 is 0 Å². The molecule has 3 nitrogen and oxygen atoms in total. The smallest absolute Gasteiger partial charge is 0.133 e. The standard InChI is InChI=1S/C36H51N3/c1-22-2-24-3-23(1)11-34(10-22,12-24)19-31-37-32(20-35-13-25-4-26(14-35)6-27(5-25)15-35)39-33(38-31)21-36-16-28-7-29(17-36)9-30(8-28)18-36/h22-30H,1-21H2. The monoisotopic (exact) mass is 525 g/mol. The molecule has 0 aliphatic heterocycles. The fraction of sp³-hybridized carbons (Fsp3) is 0.917. The SMILES string of the molecule is C1C2CC3CC1CC(Cc1nc(CC45CC6CC(CC(C6)C4)C5)nc(CC45CC6CC(CC(C6)C4)C5)n1)(C2)C3. The van der Waals surface area contributed by atoms with Crippen LogP contribution in [0.3, 0.4) is 0 Å². The highest BCUT2D eigenvalue weighted by Gasteiger charge is 2.54. The molecule has 0 N–H and O–H groups in total. The maximum absolute atomic E-state index is 5.46. The Hall–Kier alpha value is -0.990. The van der Waals surface area contributed by atoms with Crippen LogP contribution in [0.25, 0.3) is 0 Å². The molecule has 13 rings (SSSR count). The molecule has 1 heterocycles. The van der Waals surface area contributed by atoms with Crippen LogP contribution in [-0.4, -0.2) is 15.0 Å². The van der Waals surface area contributed by atoms with Crippen molar-refractivity contribution in [3.8, 4) is 0 Å². The normalized spacial score (nSPS) is 53.7. The topological polar surface area (TPSA) is 38.7 Å². The predicted molar refractivity (Wildman–Crippen MR) is 153 cm³/mol. The van der Waals surface area contributed by atoms with E-state index in [1.807, 2.05) is 0 Å². The first-order valence-corrected chi connectivity index (χ1v) is 17.7. The third kappa shape index (κ3) is 3.96. The van der Waals surface area contributed by atoms with Crippen molar-refractivity contribution in [2.75, 3.05) is 0 Å². The van der Waals surface area contributed by atoms with Crippen LogP contribution in [0.2, 0.25) is 0 Å². The molecule has 0 saturated heterocycles. The quantitative estimate of drug-likeness (QED) is 0.376. The van der Waals surface area contributed by atoms with Crippen molar-refractivity contribution in [1.82, 2.24) is 15.0 Å². The molecule has 12 saturated carbocycles. The highest BCUT2D eigenvalue weighted by atomic mass is 15.0. The fourth-order valence-electron chi connectivity index (χ4n) is 15.3. The highest BCUT2D eigenvalue weighted by Crippen LogP contribution is 2.63. The number of nitrogens with zero attached hydrogens (tertiary/aromatic N) is 3. The van der Waals surface area contributed by atoms with Gasteiger partial charge in [0.2, 0.25) is 0 Å². The van der Waals surface area contributed by atoms with Gasteiger partial charge in [0.1, 0.15) is 17.5 Å². The highest BCUT2D eigenvalue weighted by molar-refractivity contribution is 5.13. The van der Waals surface area contributed by atoms with Crippen molar-refractivity contribution in [2.24, 2.45) is 69.5 Å². The van der Waals surface area contributed by atoms with Crippen LogP contribution in [-0.2, 0) is 19.3 Å². The van der Waals surface area contributed by atoms with Gasteiger partial charge in [0.25, 0.3) is 0 Å². The van der Waals surface area contributed by atoms with Crippen LogP contribution in [0.15, 0.2) is 0 Å². The Morgan fingerprint density at radius 1 is 0.333 bits per heavy atom. The maximum atomic E-state index is 5.46. The molecular formula is C36H51N3. The molecule has 0 aromatic carbocycles. The first kappa shape index (κ1) is 23.6. The van der Waals surface area contributed by atoms with Gasteiger partial charge in [-0.3, -0.25) is 0 Å². The summed E-state index contributed by atoms with van der Waals surface area (Å²) in [7, 11) is 0. The molecule has 12 bridgehead atoms. The lowest BCUT2D eigenvalue weighted by Crippen LogP contribution is -2.48. The van der Waals surface area contributed by atoms with Crippen LogP contribution in [0.4, 0.5) is 0 Å². The molecule has 0 amide bonds. The molecule has 0 spiro atoms. The van der Waals surface area contributed by atoms with Crippen LogP contribution in [0.5, 0.6) is 0 Å². The average molecular weight is 526 g/mol. The second-order valence-electron chi connectivity index (χ2n) is 18.4. The summed E-state index contributed by atoms with van der Waals surface area (Å²) < 4.78 is 0. The van der Waals surface area contributed by atoms with E-state index in [1.54, 1.807) is 0 Å². The lowest BCUT2D eigenvalue weighted by atomic mass is 9.48. The lowest BCUT2D eigenvalue weighted by Gasteiger charge is -2.57. The summed E-state index contributed by atoms with van der Waals surface area (Å²) in [4.78, 5) is 16.4. The summed E-state index contributed by atoms with van der Waals surface area (Å²) in [5.74, 6) is 12.8. The van der Waals surface area contributed by atoms with E-state index in [0.717, 1.165) is 53.3 Å². The molecule has 3 heteroatoms. The Kier molecular flexibility index (Phi) is 4.89. The molecule has 0 radical (unpaired) electrons. The van der Waals surface area contributed by atoms with Crippen molar-refractivity contribution < 1.29 is 0 Å². The largest absolute Gasteiger partial charge is 0.218 e. The minimum atomic E-state index is 0.520. The summed E-state index contributed by atoms with van der Waals surface area (Å²) in [5.41, 5.74) is 1.56. The van der Waals surface area contributed by atoms with Crippen molar-refractivity contribution >= 4 is 0 Å². The summed E-state index contributed by atoms with van der Waals surface area (Å²) in [6.45, 7) is 0. The molecule has 39 heavy (non-hydrogen) atoms. The van der Waals surface area contributed by atoms with Crippen molar-refractivity contribution in [1.29, 1.82) is 0 Å². The van der Waals surface area contributed by atoms with Crippen molar-refractivity contribution in [3.63, 3.8) is 0 Å². The molecule has 0 atom stereocenters. The molecule has 1 aromatic rings. The summed E-state index contributed by atoms with van der Waals surface area (Å²) in [5, 5.41) is 0. The van der Waals surface area contributed by atoms with Crippen LogP contribution in [0.1, 0.15) is 133 Å². The average Bonchev–Trinajstić information content (AvgIpc) is 2.80. The van der Waals surface area contributed by atoms with E-state index in [4.69, 9.17) is 15.0 Å².